The van der Waals surface area contributed by atoms with Gasteiger partial charge in [-0.15, -0.1) is 0 Å². The summed E-state index contributed by atoms with van der Waals surface area (Å²) in [6, 6.07) is -3.37. The highest BCUT2D eigenvalue weighted by molar-refractivity contribution is 7.92. The molecule has 2 saturated heterocycles. The van der Waals surface area contributed by atoms with E-state index in [0.29, 0.717) is 32.4 Å². The van der Waals surface area contributed by atoms with E-state index in [9.17, 15) is 32.4 Å². The van der Waals surface area contributed by atoms with Gasteiger partial charge >= 0.3 is 6.03 Å². The van der Waals surface area contributed by atoms with E-state index >= 15 is 0 Å². The smallest absolute Gasteiger partial charge is 0.315 e. The first-order valence-electron chi connectivity index (χ1n) is 20.1. The molecule has 2 heterocycles. The zero-order chi connectivity index (χ0) is 38.6. The monoisotopic (exact) mass is 761 g/mol. The third-order valence-electron chi connectivity index (χ3n) is 13.6. The Hall–Kier alpha value is -2.74. The summed E-state index contributed by atoms with van der Waals surface area (Å²) in [5.41, 5.74) is -1.73. The van der Waals surface area contributed by atoms with Crippen molar-refractivity contribution in [3.05, 3.63) is 0 Å². The predicted molar refractivity (Wildman–Crippen MR) is 199 cm³/mol. The topological polar surface area (TPSA) is 183 Å². The average Bonchev–Trinajstić information content (AvgIpc) is 4.04. The first-order chi connectivity index (χ1) is 24.8. The molecule has 0 spiro atoms. The Balaban J connectivity index is 1.23. The minimum Gasteiger partial charge on any atom is -0.371 e. The molecule has 53 heavy (non-hydrogen) atoms. The van der Waals surface area contributed by atoms with Crippen LogP contribution < -0.4 is 21.3 Å². The minimum absolute atomic E-state index is 0.0726. The summed E-state index contributed by atoms with van der Waals surface area (Å²) >= 11 is 0. The summed E-state index contributed by atoms with van der Waals surface area (Å²) in [5, 5.41) is 11.7. The second-order valence-electron chi connectivity index (χ2n) is 19.1. The van der Waals surface area contributed by atoms with Crippen molar-refractivity contribution in [3.63, 3.8) is 0 Å². The van der Waals surface area contributed by atoms with Gasteiger partial charge in [-0.1, -0.05) is 72.1 Å². The first-order valence-corrected chi connectivity index (χ1v) is 21.8. The zero-order valence-corrected chi connectivity index (χ0v) is 33.5. The van der Waals surface area contributed by atoms with Gasteiger partial charge in [0.25, 0.3) is 5.91 Å². The van der Waals surface area contributed by atoms with Crippen LogP contribution in [0.5, 0.6) is 0 Å². The zero-order valence-electron chi connectivity index (χ0n) is 32.7. The molecular weight excluding hydrogens is 699 g/mol. The lowest BCUT2D eigenvalue weighted by Crippen LogP contribution is -2.65. The molecule has 0 aromatic rings. The lowest BCUT2D eigenvalue weighted by Gasteiger charge is -2.44. The number of epoxide rings is 1. The number of likely N-dealkylation sites (tertiary alicyclic amines) is 1. The number of piperidine rings is 1. The number of sulfone groups is 1. The van der Waals surface area contributed by atoms with Gasteiger partial charge < -0.3 is 30.9 Å². The number of urea groups is 1. The Bertz CT molecular complexity index is 1550. The van der Waals surface area contributed by atoms with Crippen molar-refractivity contribution < 1.29 is 37.1 Å². The van der Waals surface area contributed by atoms with Gasteiger partial charge in [-0.25, -0.2) is 13.2 Å². The van der Waals surface area contributed by atoms with Crippen LogP contribution in [0.2, 0.25) is 0 Å². The van der Waals surface area contributed by atoms with E-state index in [-0.39, 0.29) is 47.5 Å². The number of amides is 5. The number of nitrogens with one attached hydrogen (secondary N) is 4. The lowest BCUT2D eigenvalue weighted by molar-refractivity contribution is -0.146. The lowest BCUT2D eigenvalue weighted by atomic mass is 9.70. The fourth-order valence-electron chi connectivity index (χ4n) is 9.50. The largest absolute Gasteiger partial charge is 0.371 e. The SMILES string of the molecule is CC1([C@H](NC(=O)NC2(CS(=O)(=O)C(C)(C)C)CCCCC2)C(=O)N2C[C@H]3[C@@H]([C@H]2C(=O)NC(CC2CC2)C(=O)C(=O)NCC2CO2)C3(C)C)CCCCC1. The van der Waals surface area contributed by atoms with Gasteiger partial charge in [0, 0.05) is 13.1 Å². The maximum atomic E-state index is 14.9. The highest BCUT2D eigenvalue weighted by atomic mass is 32.2. The molecule has 0 radical (unpaired) electrons. The van der Waals surface area contributed by atoms with E-state index in [1.165, 1.54) is 0 Å². The molecule has 0 aromatic heterocycles. The average molecular weight is 762 g/mol. The molecule has 6 aliphatic rings. The molecule has 2 unspecified atom stereocenters. The fraction of sp³-hybridized carbons (Fsp3) is 0.872. The van der Waals surface area contributed by atoms with Gasteiger partial charge in [0.1, 0.15) is 12.1 Å². The van der Waals surface area contributed by atoms with Crippen LogP contribution in [0.3, 0.4) is 0 Å². The number of Topliss-reactive ketones (excluding diaryl/α,β-unsaturated/α-hetero) is 1. The number of ether oxygens (including phenoxy) is 1. The standard InChI is InChI=1S/C39H63N5O8S/c1-36(2,3)53(50,51)23-39(17-11-8-12-18-39)43-35(49)42-31(38(6)15-9-7-10-16-38)34(48)44-21-26-28(37(26,4)5)29(44)32(46)41-27(19-24-13-14-24)30(45)33(47)40-20-25-22-52-25/h24-29,31H,7-23H2,1-6H3,(H,40,47)(H,41,46)(H2,42,43,49)/t25?,26-,27?,28-,29-,31+/m0/s1. The predicted octanol–water partition coefficient (Wildman–Crippen LogP) is 3.39. The molecule has 5 amide bonds. The van der Waals surface area contributed by atoms with Crippen molar-refractivity contribution in [2.75, 3.05) is 25.4 Å². The fourth-order valence-corrected chi connectivity index (χ4v) is 11.0. The molecule has 4 aliphatic carbocycles. The van der Waals surface area contributed by atoms with Crippen LogP contribution in [0.4, 0.5) is 4.79 Å². The molecule has 13 nitrogen and oxygen atoms in total. The van der Waals surface area contributed by atoms with E-state index in [1.54, 1.807) is 25.7 Å². The van der Waals surface area contributed by atoms with Crippen molar-refractivity contribution >= 4 is 39.4 Å². The number of carbonyl (C=O) groups is 5. The first kappa shape index (κ1) is 39.9. The summed E-state index contributed by atoms with van der Waals surface area (Å²) in [4.78, 5) is 71.3. The summed E-state index contributed by atoms with van der Waals surface area (Å²) in [7, 11) is -3.57. The molecule has 0 aromatic carbocycles. The minimum atomic E-state index is -3.57. The van der Waals surface area contributed by atoms with Crippen molar-refractivity contribution in [1.82, 2.24) is 26.2 Å². The summed E-state index contributed by atoms with van der Waals surface area (Å²) in [6.07, 6.45) is 10.0. The number of hydrogen-bond acceptors (Lipinski definition) is 8. The van der Waals surface area contributed by atoms with Crippen LogP contribution in [0, 0.1) is 28.6 Å². The maximum absolute atomic E-state index is 14.9. The third-order valence-corrected chi connectivity index (χ3v) is 16.4. The highest BCUT2D eigenvalue weighted by Crippen LogP contribution is 2.65. The number of ketones is 1. The highest BCUT2D eigenvalue weighted by Gasteiger charge is 2.70. The van der Waals surface area contributed by atoms with Crippen LogP contribution in [-0.2, 0) is 33.8 Å². The molecule has 0 bridgehead atoms. The molecule has 6 rings (SSSR count). The number of carbonyl (C=O) groups excluding carboxylic acids is 5. The van der Waals surface area contributed by atoms with Crippen molar-refractivity contribution in [2.24, 2.45) is 28.6 Å². The van der Waals surface area contributed by atoms with Gasteiger partial charge in [-0.2, -0.15) is 0 Å². The van der Waals surface area contributed by atoms with Crippen molar-refractivity contribution in [1.29, 1.82) is 0 Å². The van der Waals surface area contributed by atoms with Crippen LogP contribution in [-0.4, -0.2) is 103 Å². The Morgan fingerprint density at radius 1 is 0.887 bits per heavy atom. The molecule has 4 N–H and O–H groups in total. The second kappa shape index (κ2) is 14.7. The van der Waals surface area contributed by atoms with E-state index in [0.717, 1.165) is 64.2 Å². The molecule has 14 heteroatoms. The summed E-state index contributed by atoms with van der Waals surface area (Å²) < 4.78 is 31.1. The molecule has 4 saturated carbocycles. The van der Waals surface area contributed by atoms with Gasteiger partial charge in [0.15, 0.2) is 9.84 Å². The van der Waals surface area contributed by atoms with Crippen LogP contribution >= 0.6 is 0 Å². The quantitative estimate of drug-likeness (QED) is 0.153. The van der Waals surface area contributed by atoms with E-state index < -0.39 is 67.3 Å². The van der Waals surface area contributed by atoms with Crippen molar-refractivity contribution in [3.8, 4) is 0 Å². The molecule has 6 atom stereocenters. The molecular formula is C39H63N5O8S. The van der Waals surface area contributed by atoms with Crippen LogP contribution in [0.1, 0.15) is 125 Å². The molecule has 298 valence electrons. The Morgan fingerprint density at radius 2 is 1.49 bits per heavy atom. The van der Waals surface area contributed by atoms with Crippen LogP contribution in [0.25, 0.3) is 0 Å². The maximum Gasteiger partial charge on any atom is 0.315 e. The number of hydrogen-bond donors (Lipinski definition) is 4. The van der Waals surface area contributed by atoms with Gasteiger partial charge in [-0.05, 0) is 81.5 Å². The van der Waals surface area contributed by atoms with Crippen molar-refractivity contribution in [2.45, 2.75) is 160 Å². The summed E-state index contributed by atoms with van der Waals surface area (Å²) in [6.45, 7) is 12.4. The van der Waals surface area contributed by atoms with Crippen LogP contribution in [0.15, 0.2) is 0 Å². The number of nitrogens with zero attached hydrogens (tertiary/aromatic N) is 1. The van der Waals surface area contributed by atoms with Gasteiger partial charge in [0.05, 0.1) is 34.8 Å². The number of fused-ring (bicyclic) bond motifs is 1. The molecule has 6 fully saturated rings. The van der Waals surface area contributed by atoms with E-state index in [4.69, 9.17) is 4.74 Å². The van der Waals surface area contributed by atoms with Gasteiger partial charge in [-0.3, -0.25) is 19.2 Å². The third kappa shape index (κ3) is 8.73. The van der Waals surface area contributed by atoms with E-state index in [1.807, 2.05) is 6.92 Å². The molecule has 2 aliphatic heterocycles. The normalized spacial score (nSPS) is 29.5. The Labute approximate surface area is 315 Å². The summed E-state index contributed by atoms with van der Waals surface area (Å²) in [5.74, 6) is -2.20. The Morgan fingerprint density at radius 3 is 2.06 bits per heavy atom. The van der Waals surface area contributed by atoms with Gasteiger partial charge in [0.2, 0.25) is 17.6 Å². The number of rotatable bonds is 14. The van der Waals surface area contributed by atoms with E-state index in [2.05, 4.69) is 35.1 Å². The second-order valence-corrected chi connectivity index (χ2v) is 21.9. The Kier molecular flexibility index (Phi) is 11.1.